The maximum absolute atomic E-state index is 12.3. The van der Waals surface area contributed by atoms with Gasteiger partial charge in [-0.1, -0.05) is 18.6 Å². The molecule has 3 aliphatic rings. The minimum atomic E-state index is -0.645. The summed E-state index contributed by atoms with van der Waals surface area (Å²) in [5, 5.41) is 17.0. The number of ether oxygens (including phenoxy) is 1. The Morgan fingerprint density at radius 3 is 2.92 bits per heavy atom. The van der Waals surface area contributed by atoms with E-state index >= 15 is 0 Å². The summed E-state index contributed by atoms with van der Waals surface area (Å²) in [6.45, 7) is 2.41. The molecule has 1 saturated carbocycles. The number of para-hydroxylation sites is 2. The van der Waals surface area contributed by atoms with Crippen LogP contribution in [0.4, 0.5) is 5.69 Å². The lowest BCUT2D eigenvalue weighted by Gasteiger charge is -2.31. The van der Waals surface area contributed by atoms with Crippen LogP contribution in [0.1, 0.15) is 25.7 Å². The van der Waals surface area contributed by atoms with Crippen molar-refractivity contribution >= 4 is 11.6 Å². The summed E-state index contributed by atoms with van der Waals surface area (Å²) in [4.78, 5) is 14.5. The highest BCUT2D eigenvalue weighted by Gasteiger charge is 2.46. The average Bonchev–Trinajstić information content (AvgIpc) is 2.89. The molecule has 4 rings (SSSR count). The molecule has 0 bridgehead atoms. The van der Waals surface area contributed by atoms with E-state index in [1.807, 2.05) is 24.3 Å². The summed E-state index contributed by atoms with van der Waals surface area (Å²) in [6, 6.07) is 7.30. The number of carbonyl (C=O) groups excluding carboxylic acids is 1. The molecule has 130 valence electrons. The highest BCUT2D eigenvalue weighted by atomic mass is 16.5. The molecular weight excluding hydrogens is 306 g/mol. The Morgan fingerprint density at radius 2 is 2.08 bits per heavy atom. The quantitative estimate of drug-likeness (QED) is 0.769. The number of piperidine rings is 1. The summed E-state index contributed by atoms with van der Waals surface area (Å²) >= 11 is 0. The van der Waals surface area contributed by atoms with Gasteiger partial charge in [0.1, 0.15) is 11.9 Å². The van der Waals surface area contributed by atoms with Crippen molar-refractivity contribution in [2.75, 3.05) is 25.0 Å². The number of benzene rings is 1. The van der Waals surface area contributed by atoms with Gasteiger partial charge >= 0.3 is 0 Å². The van der Waals surface area contributed by atoms with Crippen molar-refractivity contribution in [3.63, 3.8) is 0 Å². The lowest BCUT2D eigenvalue weighted by Crippen LogP contribution is -2.49. The van der Waals surface area contributed by atoms with Gasteiger partial charge in [-0.25, -0.2) is 0 Å². The molecule has 1 amide bonds. The van der Waals surface area contributed by atoms with Crippen LogP contribution in [0.3, 0.4) is 0 Å². The molecule has 2 heterocycles. The number of nitrogens with zero attached hydrogens (tertiary/aromatic N) is 1. The molecule has 6 nitrogen and oxygen atoms in total. The molecule has 24 heavy (non-hydrogen) atoms. The van der Waals surface area contributed by atoms with Crippen LogP contribution in [-0.4, -0.2) is 59.8 Å². The second-order valence-electron chi connectivity index (χ2n) is 7.06. The first kappa shape index (κ1) is 15.7. The van der Waals surface area contributed by atoms with Crippen LogP contribution >= 0.6 is 0 Å². The van der Waals surface area contributed by atoms with Crippen molar-refractivity contribution in [1.29, 1.82) is 0 Å². The average molecular weight is 331 g/mol. The summed E-state index contributed by atoms with van der Waals surface area (Å²) in [6.07, 6.45) is 3.45. The Hall–Kier alpha value is -1.79. The number of rotatable bonds is 3. The number of fused-ring (bicyclic) bond motifs is 2. The van der Waals surface area contributed by atoms with Gasteiger partial charge in [0.15, 0.2) is 0 Å². The van der Waals surface area contributed by atoms with E-state index < -0.39 is 6.10 Å². The third-order valence-electron chi connectivity index (χ3n) is 5.32. The van der Waals surface area contributed by atoms with Crippen molar-refractivity contribution in [3.05, 3.63) is 24.3 Å². The normalized spacial score (nSPS) is 32.2. The van der Waals surface area contributed by atoms with Gasteiger partial charge in [0.2, 0.25) is 5.91 Å². The van der Waals surface area contributed by atoms with Crippen LogP contribution in [0.2, 0.25) is 0 Å². The SMILES string of the molecule is O=C(CN1CCCCC1)N[C@@H]1C[C@H]2Oc3ccccc3N[C@H]2[C@@H]1O. The number of hydrogen-bond donors (Lipinski definition) is 3. The molecule has 1 aromatic carbocycles. The van der Waals surface area contributed by atoms with Crippen molar-refractivity contribution in [2.45, 2.75) is 50.0 Å². The van der Waals surface area contributed by atoms with Gasteiger partial charge in [0.05, 0.1) is 30.4 Å². The highest BCUT2D eigenvalue weighted by Crippen LogP contribution is 2.37. The molecular formula is C18H25N3O3. The zero-order valence-electron chi connectivity index (χ0n) is 13.8. The van der Waals surface area contributed by atoms with E-state index in [0.717, 1.165) is 24.5 Å². The van der Waals surface area contributed by atoms with E-state index in [1.165, 1.54) is 19.3 Å². The summed E-state index contributed by atoms with van der Waals surface area (Å²) < 4.78 is 6.00. The number of likely N-dealkylation sites (tertiary alicyclic amines) is 1. The van der Waals surface area contributed by atoms with Gasteiger partial charge < -0.3 is 20.5 Å². The van der Waals surface area contributed by atoms with Gasteiger partial charge in [-0.05, 0) is 38.1 Å². The third kappa shape index (κ3) is 3.08. The van der Waals surface area contributed by atoms with Crippen molar-refractivity contribution in [3.8, 4) is 5.75 Å². The molecule has 6 heteroatoms. The van der Waals surface area contributed by atoms with Crippen LogP contribution in [0, 0.1) is 0 Å². The third-order valence-corrected chi connectivity index (χ3v) is 5.32. The zero-order valence-corrected chi connectivity index (χ0v) is 13.8. The first-order valence-electron chi connectivity index (χ1n) is 8.93. The number of amides is 1. The zero-order chi connectivity index (χ0) is 16.5. The molecule has 0 aromatic heterocycles. The predicted molar refractivity (Wildman–Crippen MR) is 91.1 cm³/mol. The van der Waals surface area contributed by atoms with Gasteiger partial charge in [0.25, 0.3) is 0 Å². The Balaban J connectivity index is 1.36. The molecule has 4 atom stereocenters. The fourth-order valence-corrected chi connectivity index (χ4v) is 4.05. The number of hydrogen-bond acceptors (Lipinski definition) is 5. The molecule has 1 aromatic rings. The van der Waals surface area contributed by atoms with Crippen LogP contribution in [0.5, 0.6) is 5.75 Å². The van der Waals surface area contributed by atoms with E-state index in [-0.39, 0.29) is 24.1 Å². The van der Waals surface area contributed by atoms with E-state index in [0.29, 0.717) is 13.0 Å². The Bertz CT molecular complexity index is 603. The number of aliphatic hydroxyl groups is 1. The van der Waals surface area contributed by atoms with E-state index in [4.69, 9.17) is 4.74 Å². The maximum atomic E-state index is 12.3. The molecule has 0 spiro atoms. The molecule has 0 unspecified atom stereocenters. The van der Waals surface area contributed by atoms with Gasteiger partial charge in [-0.15, -0.1) is 0 Å². The Morgan fingerprint density at radius 1 is 1.29 bits per heavy atom. The number of nitrogens with one attached hydrogen (secondary N) is 2. The maximum Gasteiger partial charge on any atom is 0.234 e. The van der Waals surface area contributed by atoms with Crippen molar-refractivity contribution in [1.82, 2.24) is 10.2 Å². The van der Waals surface area contributed by atoms with Crippen molar-refractivity contribution in [2.24, 2.45) is 0 Å². The standard InChI is InChI=1S/C18H25N3O3/c22-16(11-21-8-4-1-5-9-21)19-13-10-15-17(18(13)23)20-12-6-2-3-7-14(12)24-15/h2-3,6-7,13,15,17-18,20,23H,1,4-5,8-11H2,(H,19,22)/t13-,15-,17-,18-/m1/s1. The van der Waals surface area contributed by atoms with Crippen molar-refractivity contribution < 1.29 is 14.6 Å². The van der Waals surface area contributed by atoms with Gasteiger partial charge in [-0.2, -0.15) is 0 Å². The molecule has 0 radical (unpaired) electrons. The molecule has 1 saturated heterocycles. The molecule has 3 N–H and O–H groups in total. The Labute approximate surface area is 142 Å². The predicted octanol–water partition coefficient (Wildman–Crippen LogP) is 0.963. The van der Waals surface area contributed by atoms with Crippen LogP contribution in [-0.2, 0) is 4.79 Å². The molecule has 2 aliphatic heterocycles. The summed E-state index contributed by atoms with van der Waals surface area (Å²) in [5.74, 6) is 0.809. The number of aliphatic hydroxyl groups excluding tert-OH is 1. The number of carbonyl (C=O) groups is 1. The lowest BCUT2D eigenvalue weighted by molar-refractivity contribution is -0.123. The van der Waals surface area contributed by atoms with E-state index in [9.17, 15) is 9.90 Å². The van der Waals surface area contributed by atoms with Gasteiger partial charge in [0, 0.05) is 6.42 Å². The molecule has 1 aliphatic carbocycles. The van der Waals surface area contributed by atoms with Crippen LogP contribution in [0.25, 0.3) is 0 Å². The first-order valence-corrected chi connectivity index (χ1v) is 8.93. The second kappa shape index (κ2) is 6.61. The number of anilines is 1. The summed E-state index contributed by atoms with van der Waals surface area (Å²) in [7, 11) is 0. The largest absolute Gasteiger partial charge is 0.486 e. The van der Waals surface area contributed by atoms with Gasteiger partial charge in [-0.3, -0.25) is 9.69 Å². The minimum Gasteiger partial charge on any atom is -0.486 e. The van der Waals surface area contributed by atoms with Crippen LogP contribution < -0.4 is 15.4 Å². The first-order chi connectivity index (χ1) is 11.7. The second-order valence-corrected chi connectivity index (χ2v) is 7.06. The topological polar surface area (TPSA) is 73.8 Å². The lowest BCUT2D eigenvalue weighted by atomic mass is 10.1. The smallest absolute Gasteiger partial charge is 0.234 e. The highest BCUT2D eigenvalue weighted by molar-refractivity contribution is 5.78. The molecule has 2 fully saturated rings. The monoisotopic (exact) mass is 331 g/mol. The van der Waals surface area contributed by atoms with E-state index in [2.05, 4.69) is 15.5 Å². The minimum absolute atomic E-state index is 0.00267. The van der Waals surface area contributed by atoms with Crippen LogP contribution in [0.15, 0.2) is 24.3 Å². The Kier molecular flexibility index (Phi) is 4.33. The summed E-state index contributed by atoms with van der Waals surface area (Å²) in [5.41, 5.74) is 0.901. The fourth-order valence-electron chi connectivity index (χ4n) is 4.05. The van der Waals surface area contributed by atoms with E-state index in [1.54, 1.807) is 0 Å². The fraction of sp³-hybridized carbons (Fsp3) is 0.611.